The van der Waals surface area contributed by atoms with Crippen LogP contribution in [-0.2, 0) is 28.4 Å². The van der Waals surface area contributed by atoms with E-state index in [1.807, 2.05) is 7.05 Å². The summed E-state index contributed by atoms with van der Waals surface area (Å²) in [5, 5.41) is 0. The molecule has 0 unspecified atom stereocenters. The highest BCUT2D eigenvalue weighted by Crippen LogP contribution is 2.16. The molecule has 0 aliphatic rings. The van der Waals surface area contributed by atoms with E-state index in [0.717, 1.165) is 0 Å². The Morgan fingerprint density at radius 3 is 2.33 bits per heavy atom. The van der Waals surface area contributed by atoms with E-state index in [1.54, 1.807) is 30.8 Å². The molecule has 1 heterocycles. The Bertz CT molecular complexity index is 793. The molecule has 0 radical (unpaired) electrons. The molecule has 0 N–H and O–H groups in total. The molecule has 2 aromatic rings. The largest absolute Gasteiger partial charge is 0.454 e. The zero-order valence-corrected chi connectivity index (χ0v) is 14.8. The number of rotatable bonds is 7. The van der Waals surface area contributed by atoms with Gasteiger partial charge in [0.2, 0.25) is 10.0 Å². The van der Waals surface area contributed by atoms with Gasteiger partial charge in [-0.1, -0.05) is 13.8 Å². The van der Waals surface area contributed by atoms with Crippen molar-refractivity contribution in [1.82, 2.24) is 13.9 Å². The van der Waals surface area contributed by atoms with Gasteiger partial charge < -0.3 is 9.30 Å². The van der Waals surface area contributed by atoms with Crippen LogP contribution in [0, 0.1) is 0 Å². The Balaban J connectivity index is 2.08. The van der Waals surface area contributed by atoms with Gasteiger partial charge in [0.15, 0.2) is 0 Å². The summed E-state index contributed by atoms with van der Waals surface area (Å²) in [6, 6.07) is 5.75. The van der Waals surface area contributed by atoms with Crippen molar-refractivity contribution in [2.45, 2.75) is 25.3 Å². The van der Waals surface area contributed by atoms with Crippen molar-refractivity contribution in [3.8, 4) is 0 Å². The quantitative estimate of drug-likeness (QED) is 0.711. The number of aromatic nitrogens is 2. The summed E-state index contributed by atoms with van der Waals surface area (Å²) in [5.74, 6) is 0.105. The number of carbonyl (C=O) groups excluding carboxylic acids is 1. The molecule has 8 heteroatoms. The second-order valence-corrected chi connectivity index (χ2v) is 7.08. The van der Waals surface area contributed by atoms with E-state index in [1.165, 1.54) is 28.6 Å². The van der Waals surface area contributed by atoms with E-state index in [2.05, 4.69) is 4.98 Å². The molecule has 0 amide bonds. The fourth-order valence-corrected chi connectivity index (χ4v) is 3.68. The molecule has 0 aliphatic carbocycles. The summed E-state index contributed by atoms with van der Waals surface area (Å²) in [6.07, 6.45) is 3.38. The molecule has 1 aromatic carbocycles. The number of benzene rings is 1. The number of sulfonamides is 1. The van der Waals surface area contributed by atoms with Crippen LogP contribution in [0.2, 0.25) is 0 Å². The van der Waals surface area contributed by atoms with Crippen LogP contribution in [0.1, 0.15) is 30.0 Å². The molecule has 0 fully saturated rings. The van der Waals surface area contributed by atoms with Gasteiger partial charge in [-0.3, -0.25) is 0 Å². The molecule has 0 spiro atoms. The van der Waals surface area contributed by atoms with Crippen molar-refractivity contribution < 1.29 is 17.9 Å². The standard InChI is InChI=1S/C16H21N3O4S/c1-4-19(5-2)24(21,22)14-8-6-13(7-9-14)16(20)23-12-15-17-10-11-18(15)3/h6-11H,4-5,12H2,1-3H3. The predicted octanol–water partition coefficient (Wildman–Crippen LogP) is 1.81. The highest BCUT2D eigenvalue weighted by molar-refractivity contribution is 7.89. The fourth-order valence-electron chi connectivity index (χ4n) is 2.22. The van der Waals surface area contributed by atoms with Crippen LogP contribution >= 0.6 is 0 Å². The van der Waals surface area contributed by atoms with Crippen LogP contribution in [0.3, 0.4) is 0 Å². The summed E-state index contributed by atoms with van der Waals surface area (Å²) in [5.41, 5.74) is 0.294. The normalized spacial score (nSPS) is 11.7. The number of esters is 1. The van der Waals surface area contributed by atoms with Gasteiger partial charge in [-0.2, -0.15) is 4.31 Å². The SMILES string of the molecule is CCN(CC)S(=O)(=O)c1ccc(C(=O)OCc2nccn2C)cc1. The number of ether oxygens (including phenoxy) is 1. The fraction of sp³-hybridized carbons (Fsp3) is 0.375. The Labute approximate surface area is 141 Å². The second kappa shape index (κ2) is 7.59. The van der Waals surface area contributed by atoms with E-state index in [4.69, 9.17) is 4.74 Å². The maximum absolute atomic E-state index is 12.4. The van der Waals surface area contributed by atoms with Gasteiger partial charge in [-0.05, 0) is 24.3 Å². The molecule has 0 atom stereocenters. The summed E-state index contributed by atoms with van der Waals surface area (Å²) in [7, 11) is -1.72. The molecule has 0 bridgehead atoms. The van der Waals surface area contributed by atoms with Crippen molar-refractivity contribution >= 4 is 16.0 Å². The monoisotopic (exact) mass is 351 g/mol. The lowest BCUT2D eigenvalue weighted by Crippen LogP contribution is -2.30. The average Bonchev–Trinajstić information content (AvgIpc) is 2.98. The minimum atomic E-state index is -3.53. The van der Waals surface area contributed by atoms with E-state index in [9.17, 15) is 13.2 Å². The van der Waals surface area contributed by atoms with Crippen molar-refractivity contribution in [2.75, 3.05) is 13.1 Å². The molecule has 7 nitrogen and oxygen atoms in total. The first kappa shape index (κ1) is 18.2. The Morgan fingerprint density at radius 2 is 1.83 bits per heavy atom. The molecule has 0 saturated carbocycles. The minimum Gasteiger partial charge on any atom is -0.454 e. The third-order valence-electron chi connectivity index (χ3n) is 3.69. The van der Waals surface area contributed by atoms with Gasteiger partial charge in [0, 0.05) is 32.5 Å². The van der Waals surface area contributed by atoms with Crippen LogP contribution in [0.15, 0.2) is 41.6 Å². The number of carbonyl (C=O) groups is 1. The van der Waals surface area contributed by atoms with Gasteiger partial charge in [0.05, 0.1) is 10.5 Å². The van der Waals surface area contributed by atoms with Crippen molar-refractivity contribution in [1.29, 1.82) is 0 Å². The van der Waals surface area contributed by atoms with Gasteiger partial charge in [-0.25, -0.2) is 18.2 Å². The number of hydrogen-bond acceptors (Lipinski definition) is 5. The minimum absolute atomic E-state index is 0.0574. The molecule has 0 saturated heterocycles. The summed E-state index contributed by atoms with van der Waals surface area (Å²) < 4.78 is 33.1. The smallest absolute Gasteiger partial charge is 0.338 e. The highest BCUT2D eigenvalue weighted by atomic mass is 32.2. The van der Waals surface area contributed by atoms with E-state index < -0.39 is 16.0 Å². The van der Waals surface area contributed by atoms with Crippen LogP contribution < -0.4 is 0 Å². The number of aryl methyl sites for hydroxylation is 1. The zero-order valence-electron chi connectivity index (χ0n) is 14.0. The van der Waals surface area contributed by atoms with E-state index in [0.29, 0.717) is 24.5 Å². The molecule has 130 valence electrons. The van der Waals surface area contributed by atoms with Crippen LogP contribution in [0.4, 0.5) is 0 Å². The lowest BCUT2D eigenvalue weighted by molar-refractivity contribution is 0.0459. The maximum atomic E-state index is 12.4. The van der Waals surface area contributed by atoms with Gasteiger partial charge in [-0.15, -0.1) is 0 Å². The van der Waals surface area contributed by atoms with Crippen LogP contribution in [-0.4, -0.2) is 41.3 Å². The van der Waals surface area contributed by atoms with Crippen LogP contribution in [0.5, 0.6) is 0 Å². The molecule has 24 heavy (non-hydrogen) atoms. The third-order valence-corrected chi connectivity index (χ3v) is 5.75. The Hall–Kier alpha value is -2.19. The topological polar surface area (TPSA) is 81.5 Å². The zero-order chi connectivity index (χ0) is 17.7. The van der Waals surface area contributed by atoms with E-state index in [-0.39, 0.29) is 11.5 Å². The maximum Gasteiger partial charge on any atom is 0.338 e. The van der Waals surface area contributed by atoms with Gasteiger partial charge in [0.1, 0.15) is 12.4 Å². The van der Waals surface area contributed by atoms with Gasteiger partial charge in [0.25, 0.3) is 0 Å². The lowest BCUT2D eigenvalue weighted by Gasteiger charge is -2.18. The van der Waals surface area contributed by atoms with E-state index >= 15 is 0 Å². The number of hydrogen-bond donors (Lipinski definition) is 0. The molecule has 2 rings (SSSR count). The molecular formula is C16H21N3O4S. The molecule has 1 aromatic heterocycles. The van der Waals surface area contributed by atoms with Crippen molar-refractivity contribution in [3.05, 3.63) is 48.0 Å². The highest BCUT2D eigenvalue weighted by Gasteiger charge is 2.21. The van der Waals surface area contributed by atoms with Gasteiger partial charge >= 0.3 is 5.97 Å². The summed E-state index contributed by atoms with van der Waals surface area (Å²) >= 11 is 0. The van der Waals surface area contributed by atoms with Crippen molar-refractivity contribution in [3.63, 3.8) is 0 Å². The van der Waals surface area contributed by atoms with Crippen LogP contribution in [0.25, 0.3) is 0 Å². The molecular weight excluding hydrogens is 330 g/mol. The lowest BCUT2D eigenvalue weighted by atomic mass is 10.2. The Kier molecular flexibility index (Phi) is 5.74. The third kappa shape index (κ3) is 3.82. The Morgan fingerprint density at radius 1 is 1.21 bits per heavy atom. The first-order valence-electron chi connectivity index (χ1n) is 7.63. The first-order valence-corrected chi connectivity index (χ1v) is 9.07. The molecule has 0 aliphatic heterocycles. The second-order valence-electron chi connectivity index (χ2n) is 5.14. The predicted molar refractivity (Wildman–Crippen MR) is 88.9 cm³/mol. The summed E-state index contributed by atoms with van der Waals surface area (Å²) in [4.78, 5) is 16.3. The average molecular weight is 351 g/mol. The van der Waals surface area contributed by atoms with Crippen molar-refractivity contribution in [2.24, 2.45) is 7.05 Å². The number of nitrogens with zero attached hydrogens (tertiary/aromatic N) is 3. The first-order chi connectivity index (χ1) is 11.4. The summed E-state index contributed by atoms with van der Waals surface area (Å²) in [6.45, 7) is 4.41. The number of imidazole rings is 1.